The predicted octanol–water partition coefficient (Wildman–Crippen LogP) is 4.81. The lowest BCUT2D eigenvalue weighted by Gasteiger charge is -2.05. The first-order valence-corrected chi connectivity index (χ1v) is 7.98. The Morgan fingerprint density at radius 3 is 2.64 bits per heavy atom. The molecule has 0 aliphatic heterocycles. The Kier molecular flexibility index (Phi) is 3.69. The molecular weight excluding hydrogens is 320 g/mol. The largest absolute Gasteiger partial charge is 0.493 e. The summed E-state index contributed by atoms with van der Waals surface area (Å²) in [6.45, 7) is 2.17. The van der Waals surface area contributed by atoms with Crippen LogP contribution < -0.4 is 4.74 Å². The highest BCUT2D eigenvalue weighted by atomic mass is 16.5. The lowest BCUT2D eigenvalue weighted by atomic mass is 10.1. The fraction of sp³-hybridized carbons (Fsp3) is 0.150. The summed E-state index contributed by atoms with van der Waals surface area (Å²) in [6, 6.07) is 15.2. The zero-order valence-corrected chi connectivity index (χ0v) is 13.6. The number of aryl methyl sites for hydroxylation is 1. The number of rotatable bonds is 5. The Hall–Kier alpha value is -3.21. The molecule has 5 nitrogen and oxygen atoms in total. The second-order valence-corrected chi connectivity index (χ2v) is 5.85. The minimum Gasteiger partial charge on any atom is -0.493 e. The van der Waals surface area contributed by atoms with E-state index in [1.165, 1.54) is 0 Å². The van der Waals surface area contributed by atoms with E-state index in [0.717, 1.165) is 27.5 Å². The van der Waals surface area contributed by atoms with Crippen LogP contribution in [-0.2, 0) is 6.42 Å². The minimum atomic E-state index is -1.06. The van der Waals surface area contributed by atoms with Crippen LogP contribution in [0.2, 0.25) is 0 Å². The molecule has 0 saturated carbocycles. The summed E-state index contributed by atoms with van der Waals surface area (Å²) in [5, 5.41) is 11.1. The van der Waals surface area contributed by atoms with Crippen LogP contribution in [0.5, 0.6) is 5.75 Å². The number of carboxylic acids is 1. The van der Waals surface area contributed by atoms with Gasteiger partial charge >= 0.3 is 5.97 Å². The number of para-hydroxylation sites is 1. The van der Waals surface area contributed by atoms with Crippen LogP contribution in [0.3, 0.4) is 0 Å². The maximum Gasteiger partial charge on any atom is 0.371 e. The van der Waals surface area contributed by atoms with E-state index in [2.05, 4.69) is 0 Å². The highest BCUT2D eigenvalue weighted by molar-refractivity contribution is 6.05. The van der Waals surface area contributed by atoms with Gasteiger partial charge in [-0.3, -0.25) is 0 Å². The van der Waals surface area contributed by atoms with Crippen molar-refractivity contribution in [2.45, 2.75) is 13.3 Å². The van der Waals surface area contributed by atoms with Gasteiger partial charge in [0.1, 0.15) is 22.7 Å². The normalized spacial score (nSPS) is 11.2. The molecule has 0 spiro atoms. The number of carboxylic acid groups (broad SMARTS) is 1. The van der Waals surface area contributed by atoms with Crippen molar-refractivity contribution in [3.8, 4) is 5.75 Å². The van der Waals surface area contributed by atoms with Gasteiger partial charge in [-0.1, -0.05) is 18.2 Å². The Bertz CT molecular complexity index is 1070. The molecule has 0 unspecified atom stereocenters. The molecule has 0 atom stereocenters. The fourth-order valence-electron chi connectivity index (χ4n) is 2.95. The van der Waals surface area contributed by atoms with Gasteiger partial charge in [-0.15, -0.1) is 0 Å². The Morgan fingerprint density at radius 1 is 1.04 bits per heavy atom. The molecular formula is C20H16O5. The third-order valence-corrected chi connectivity index (χ3v) is 4.22. The molecule has 0 aliphatic rings. The van der Waals surface area contributed by atoms with E-state index in [0.29, 0.717) is 24.5 Å². The van der Waals surface area contributed by atoms with Crippen LogP contribution >= 0.6 is 0 Å². The third kappa shape index (κ3) is 2.85. The van der Waals surface area contributed by atoms with Crippen LogP contribution in [0.15, 0.2) is 57.4 Å². The van der Waals surface area contributed by atoms with Gasteiger partial charge in [0.25, 0.3) is 0 Å². The van der Waals surface area contributed by atoms with Crippen molar-refractivity contribution in [3.05, 3.63) is 65.6 Å². The summed E-state index contributed by atoms with van der Waals surface area (Å²) in [6.07, 6.45) is 0.570. The highest BCUT2D eigenvalue weighted by Crippen LogP contribution is 2.31. The van der Waals surface area contributed by atoms with Crippen molar-refractivity contribution in [1.29, 1.82) is 0 Å². The molecule has 4 rings (SSSR count). The molecule has 0 aliphatic carbocycles. The molecule has 0 fully saturated rings. The van der Waals surface area contributed by atoms with Gasteiger partial charge in [0.2, 0.25) is 5.76 Å². The van der Waals surface area contributed by atoms with Crippen LogP contribution in [-0.4, -0.2) is 17.7 Å². The maximum atomic E-state index is 10.9. The predicted molar refractivity (Wildman–Crippen MR) is 93.3 cm³/mol. The number of hydrogen-bond donors (Lipinski definition) is 1. The SMILES string of the molecule is Cc1oc(C(=O)O)cc1CCOc1ccc2c(c1)oc1ccccc12. The molecule has 2 heterocycles. The van der Waals surface area contributed by atoms with E-state index < -0.39 is 5.97 Å². The van der Waals surface area contributed by atoms with Crippen molar-refractivity contribution in [2.75, 3.05) is 6.61 Å². The first-order chi connectivity index (χ1) is 12.1. The zero-order valence-electron chi connectivity index (χ0n) is 13.6. The Balaban J connectivity index is 1.49. The molecule has 0 saturated heterocycles. The van der Waals surface area contributed by atoms with Gasteiger partial charge in [0.05, 0.1) is 6.61 Å². The molecule has 1 N–H and O–H groups in total. The van der Waals surface area contributed by atoms with E-state index >= 15 is 0 Å². The molecule has 0 radical (unpaired) electrons. The second-order valence-electron chi connectivity index (χ2n) is 5.85. The summed E-state index contributed by atoms with van der Waals surface area (Å²) in [5.74, 6) is 0.210. The number of fused-ring (bicyclic) bond motifs is 3. The average Bonchev–Trinajstić information content (AvgIpc) is 3.15. The van der Waals surface area contributed by atoms with Crippen LogP contribution in [0.4, 0.5) is 0 Å². The minimum absolute atomic E-state index is 0.0452. The lowest BCUT2D eigenvalue weighted by Crippen LogP contribution is -2.01. The van der Waals surface area contributed by atoms with Crippen LogP contribution in [0, 0.1) is 6.92 Å². The monoisotopic (exact) mass is 336 g/mol. The first-order valence-electron chi connectivity index (χ1n) is 7.98. The lowest BCUT2D eigenvalue weighted by molar-refractivity contribution is 0.0661. The number of hydrogen-bond acceptors (Lipinski definition) is 4. The highest BCUT2D eigenvalue weighted by Gasteiger charge is 2.13. The van der Waals surface area contributed by atoms with Gasteiger partial charge in [-0.2, -0.15) is 0 Å². The smallest absolute Gasteiger partial charge is 0.371 e. The van der Waals surface area contributed by atoms with Gasteiger partial charge in [-0.25, -0.2) is 4.79 Å². The van der Waals surface area contributed by atoms with E-state index in [-0.39, 0.29) is 5.76 Å². The topological polar surface area (TPSA) is 72.8 Å². The maximum absolute atomic E-state index is 10.9. The molecule has 2 aromatic heterocycles. The van der Waals surface area contributed by atoms with Crippen molar-refractivity contribution in [1.82, 2.24) is 0 Å². The summed E-state index contributed by atoms with van der Waals surface area (Å²) < 4.78 is 16.8. The van der Waals surface area contributed by atoms with Gasteiger partial charge in [0, 0.05) is 23.3 Å². The number of furan rings is 2. The third-order valence-electron chi connectivity index (χ3n) is 4.22. The van der Waals surface area contributed by atoms with E-state index in [9.17, 15) is 4.79 Å². The zero-order chi connectivity index (χ0) is 17.4. The van der Waals surface area contributed by atoms with Crippen molar-refractivity contribution < 1.29 is 23.5 Å². The number of benzene rings is 2. The van der Waals surface area contributed by atoms with Gasteiger partial charge in [0.15, 0.2) is 0 Å². The van der Waals surface area contributed by atoms with Crippen molar-refractivity contribution >= 4 is 27.9 Å². The summed E-state index contributed by atoms with van der Waals surface area (Å²) in [7, 11) is 0. The van der Waals surface area contributed by atoms with Crippen molar-refractivity contribution in [2.24, 2.45) is 0 Å². The van der Waals surface area contributed by atoms with Crippen LogP contribution in [0.25, 0.3) is 21.9 Å². The number of ether oxygens (including phenoxy) is 1. The molecule has 2 aromatic carbocycles. The molecule has 126 valence electrons. The van der Waals surface area contributed by atoms with Gasteiger partial charge in [-0.05, 0) is 36.8 Å². The Morgan fingerprint density at radius 2 is 1.84 bits per heavy atom. The Labute approximate surface area is 143 Å². The van der Waals surface area contributed by atoms with Crippen LogP contribution in [0.1, 0.15) is 21.9 Å². The fourth-order valence-corrected chi connectivity index (χ4v) is 2.95. The molecule has 5 heteroatoms. The molecule has 4 aromatic rings. The number of aromatic carboxylic acids is 1. The number of carbonyl (C=O) groups is 1. The van der Waals surface area contributed by atoms with Crippen molar-refractivity contribution in [3.63, 3.8) is 0 Å². The quantitative estimate of drug-likeness (QED) is 0.566. The van der Waals surface area contributed by atoms with E-state index in [1.54, 1.807) is 13.0 Å². The van der Waals surface area contributed by atoms with E-state index in [1.807, 2.05) is 42.5 Å². The standard InChI is InChI=1S/C20H16O5/c1-12-13(10-19(24-12)20(21)22)8-9-23-14-6-7-16-15-4-2-3-5-17(15)25-18(16)11-14/h2-7,10-11H,8-9H2,1H3,(H,21,22). The summed E-state index contributed by atoms with van der Waals surface area (Å²) in [5.41, 5.74) is 2.47. The first kappa shape index (κ1) is 15.3. The second kappa shape index (κ2) is 6.02. The average molecular weight is 336 g/mol. The summed E-state index contributed by atoms with van der Waals surface area (Å²) in [4.78, 5) is 10.9. The molecule has 0 amide bonds. The molecule has 0 bridgehead atoms. The summed E-state index contributed by atoms with van der Waals surface area (Å²) >= 11 is 0. The molecule has 25 heavy (non-hydrogen) atoms. The van der Waals surface area contributed by atoms with Gasteiger partial charge < -0.3 is 18.7 Å². The van der Waals surface area contributed by atoms with E-state index in [4.69, 9.17) is 18.7 Å².